The number of anilines is 1. The highest BCUT2D eigenvalue weighted by molar-refractivity contribution is 7.92. The van der Waals surface area contributed by atoms with Gasteiger partial charge in [0.15, 0.2) is 0 Å². The largest absolute Gasteiger partial charge is 0.344 e. The molecule has 0 unspecified atom stereocenters. The van der Waals surface area contributed by atoms with Gasteiger partial charge in [0.25, 0.3) is 0 Å². The fraction of sp³-hybridized carbons (Fsp3) is 0.471. The number of halogens is 5. The Bertz CT molecular complexity index is 816. The summed E-state index contributed by atoms with van der Waals surface area (Å²) in [5, 5.41) is 7.90. The van der Waals surface area contributed by atoms with Crippen molar-refractivity contribution in [1.82, 2.24) is 4.90 Å². The maximum absolute atomic E-state index is 13.4. The van der Waals surface area contributed by atoms with Gasteiger partial charge in [0, 0.05) is 0 Å². The average Bonchev–Trinajstić information content (AvgIpc) is 2.75. The van der Waals surface area contributed by atoms with Crippen LogP contribution in [0.15, 0.2) is 30.9 Å². The summed E-state index contributed by atoms with van der Waals surface area (Å²) in [6, 6.07) is 4.00. The van der Waals surface area contributed by atoms with Crippen LogP contribution >= 0.6 is 11.6 Å². The van der Waals surface area contributed by atoms with E-state index in [1.165, 1.54) is 18.2 Å². The summed E-state index contributed by atoms with van der Waals surface area (Å²) in [7, 11) is -3.75. The maximum Gasteiger partial charge on any atom is 0.329 e. The van der Waals surface area contributed by atoms with Gasteiger partial charge in [0.2, 0.25) is 10.0 Å². The summed E-state index contributed by atoms with van der Waals surface area (Å²) in [4.78, 5) is 0.485. The van der Waals surface area contributed by atoms with E-state index < -0.39 is 40.8 Å². The number of sulfonamides is 1. The zero-order chi connectivity index (χ0) is 21.8. The van der Waals surface area contributed by atoms with Gasteiger partial charge < -0.3 is 4.90 Å². The Morgan fingerprint density at radius 3 is 2.29 bits per heavy atom. The van der Waals surface area contributed by atoms with Gasteiger partial charge in [0.1, 0.15) is 5.84 Å². The first-order valence-electron chi connectivity index (χ1n) is 8.27. The molecule has 28 heavy (non-hydrogen) atoms. The lowest BCUT2D eigenvalue weighted by Gasteiger charge is -2.21. The van der Waals surface area contributed by atoms with Crippen LogP contribution in [0.3, 0.4) is 0 Å². The van der Waals surface area contributed by atoms with Crippen molar-refractivity contribution in [2.45, 2.75) is 32.1 Å². The van der Waals surface area contributed by atoms with Crippen LogP contribution < -0.4 is 4.72 Å². The number of amidine groups is 1. The number of hydrogen-bond donors (Lipinski definition) is 2. The van der Waals surface area contributed by atoms with Crippen molar-refractivity contribution in [2.24, 2.45) is 0 Å². The van der Waals surface area contributed by atoms with Crippen LogP contribution in [-0.4, -0.2) is 49.8 Å². The zero-order valence-corrected chi connectivity index (χ0v) is 17.0. The lowest BCUT2D eigenvalue weighted by Crippen LogP contribution is -2.38. The van der Waals surface area contributed by atoms with Crippen LogP contribution in [-0.2, 0) is 10.0 Å². The van der Waals surface area contributed by atoms with E-state index in [1.807, 2.05) is 6.92 Å². The van der Waals surface area contributed by atoms with E-state index >= 15 is 0 Å². The molecule has 2 N–H and O–H groups in total. The van der Waals surface area contributed by atoms with E-state index in [-0.39, 0.29) is 22.0 Å². The minimum absolute atomic E-state index is 0.111. The zero-order valence-electron chi connectivity index (χ0n) is 15.4. The van der Waals surface area contributed by atoms with Crippen molar-refractivity contribution in [2.75, 3.05) is 23.6 Å². The molecule has 0 aliphatic carbocycles. The fourth-order valence-corrected chi connectivity index (χ4v) is 3.83. The van der Waals surface area contributed by atoms with Crippen LogP contribution in [0.1, 0.15) is 25.8 Å². The second-order valence-electron chi connectivity index (χ2n) is 6.11. The highest BCUT2D eigenvalue weighted by Crippen LogP contribution is 2.42. The van der Waals surface area contributed by atoms with Gasteiger partial charge in [-0.3, -0.25) is 10.1 Å². The van der Waals surface area contributed by atoms with Crippen LogP contribution in [0.4, 0.5) is 23.2 Å². The molecule has 0 saturated carbocycles. The van der Waals surface area contributed by atoms with Crippen molar-refractivity contribution >= 4 is 33.1 Å². The average molecular weight is 444 g/mol. The Hall–Kier alpha value is -1.81. The Labute approximate surface area is 166 Å². The van der Waals surface area contributed by atoms with Crippen molar-refractivity contribution in [3.05, 3.63) is 41.4 Å². The fourth-order valence-electron chi connectivity index (χ4n) is 2.42. The predicted molar refractivity (Wildman–Crippen MR) is 103 cm³/mol. The van der Waals surface area contributed by atoms with Gasteiger partial charge in [-0.05, 0) is 25.5 Å². The molecule has 1 fully saturated rings. The highest BCUT2D eigenvalue weighted by atomic mass is 35.5. The van der Waals surface area contributed by atoms with E-state index in [0.29, 0.717) is 11.3 Å². The van der Waals surface area contributed by atoms with E-state index in [4.69, 9.17) is 17.0 Å². The third kappa shape index (κ3) is 5.60. The molecule has 0 aromatic heterocycles. The molecule has 0 radical (unpaired) electrons. The second kappa shape index (κ2) is 9.13. The molecule has 0 amide bonds. The van der Waals surface area contributed by atoms with E-state index in [2.05, 4.69) is 11.3 Å². The van der Waals surface area contributed by atoms with Gasteiger partial charge in [0.05, 0.1) is 35.1 Å². The molecule has 5 nitrogen and oxygen atoms in total. The van der Waals surface area contributed by atoms with Crippen LogP contribution in [0, 0.1) is 5.41 Å². The topological polar surface area (TPSA) is 73.3 Å². The van der Waals surface area contributed by atoms with Gasteiger partial charge in [-0.25, -0.2) is 8.42 Å². The number of alkyl halides is 4. The summed E-state index contributed by atoms with van der Waals surface area (Å²) in [5.41, 5.74) is -0.346. The summed E-state index contributed by atoms with van der Waals surface area (Å²) < 4.78 is 79.6. The first kappa shape index (κ1) is 24.2. The first-order valence-corrected chi connectivity index (χ1v) is 10.3. The number of likely N-dealkylation sites (tertiary alicyclic amines) is 1. The molecular weight excluding hydrogens is 422 g/mol. The molecule has 0 atom stereocenters. The first-order chi connectivity index (χ1) is 12.8. The van der Waals surface area contributed by atoms with E-state index in [1.54, 1.807) is 13.0 Å². The minimum atomic E-state index is -4.29. The molecule has 1 heterocycles. The SMILES string of the molecule is C=CC.CCCS(=O)(=O)Nc1cccc(Cl)c1C(=N)N1CC(F)(F)C(F)(F)C1. The monoisotopic (exact) mass is 443 g/mol. The van der Waals surface area contributed by atoms with Crippen LogP contribution in [0.25, 0.3) is 0 Å². The maximum atomic E-state index is 13.4. The summed E-state index contributed by atoms with van der Waals surface area (Å²) in [6.07, 6.45) is 2.08. The standard InChI is InChI=1S/C14H16ClF4N3O2S.C3H6/c1-2-6-25(23,24)21-10-5-3-4-9(15)11(10)12(20)22-7-13(16,17)14(18,19)8-22;1-3-2/h3-5,20-21H,2,6-8H2,1H3;3H,1H2,2H3. The number of nitrogens with zero attached hydrogens (tertiary/aromatic N) is 1. The van der Waals surface area contributed by atoms with E-state index in [0.717, 1.165) is 0 Å². The normalized spacial score (nSPS) is 17.5. The Kier molecular flexibility index (Phi) is 7.90. The molecule has 1 aromatic rings. The number of nitrogens with one attached hydrogen (secondary N) is 2. The molecular formula is C17H22ClF4N3O2S. The van der Waals surface area contributed by atoms with Gasteiger partial charge in [-0.1, -0.05) is 30.7 Å². The van der Waals surface area contributed by atoms with Gasteiger partial charge in [-0.15, -0.1) is 6.58 Å². The third-order valence-electron chi connectivity index (χ3n) is 3.62. The Morgan fingerprint density at radius 1 is 1.32 bits per heavy atom. The lowest BCUT2D eigenvalue weighted by molar-refractivity contribution is -0.172. The molecule has 158 valence electrons. The summed E-state index contributed by atoms with van der Waals surface area (Å²) >= 11 is 5.97. The van der Waals surface area contributed by atoms with Gasteiger partial charge in [-0.2, -0.15) is 17.6 Å². The van der Waals surface area contributed by atoms with Gasteiger partial charge >= 0.3 is 11.8 Å². The number of hydrogen-bond acceptors (Lipinski definition) is 3. The molecule has 1 aliphatic rings. The number of benzene rings is 1. The third-order valence-corrected chi connectivity index (χ3v) is 5.41. The molecule has 1 aliphatic heterocycles. The Balaban J connectivity index is 0.00000122. The van der Waals surface area contributed by atoms with Crippen molar-refractivity contribution in [1.29, 1.82) is 5.41 Å². The lowest BCUT2D eigenvalue weighted by atomic mass is 10.1. The summed E-state index contributed by atoms with van der Waals surface area (Å²) in [6.45, 7) is 4.19. The van der Waals surface area contributed by atoms with Crippen molar-refractivity contribution in [3.63, 3.8) is 0 Å². The van der Waals surface area contributed by atoms with Crippen molar-refractivity contribution in [3.8, 4) is 0 Å². The molecule has 0 bridgehead atoms. The van der Waals surface area contributed by atoms with Crippen LogP contribution in [0.2, 0.25) is 5.02 Å². The van der Waals surface area contributed by atoms with E-state index in [9.17, 15) is 26.0 Å². The Morgan fingerprint density at radius 2 is 1.82 bits per heavy atom. The van der Waals surface area contributed by atoms with Crippen LogP contribution in [0.5, 0.6) is 0 Å². The molecule has 1 aromatic carbocycles. The van der Waals surface area contributed by atoms with Crippen molar-refractivity contribution < 1.29 is 26.0 Å². The predicted octanol–water partition coefficient (Wildman–Crippen LogP) is 4.60. The number of rotatable bonds is 5. The summed E-state index contributed by atoms with van der Waals surface area (Å²) in [5.74, 6) is -9.48. The molecule has 1 saturated heterocycles. The highest BCUT2D eigenvalue weighted by Gasteiger charge is 2.63. The smallest absolute Gasteiger partial charge is 0.329 e. The number of allylic oxidation sites excluding steroid dienone is 1. The molecule has 2 rings (SSSR count). The quantitative estimate of drug-likeness (QED) is 0.302. The second-order valence-corrected chi connectivity index (χ2v) is 8.35. The molecule has 11 heteroatoms. The molecule has 0 spiro atoms. The minimum Gasteiger partial charge on any atom is -0.344 e.